The number of benzene rings is 2. The molecule has 1 N–H and O–H groups in total. The average Bonchev–Trinajstić information content (AvgIpc) is 3.48. The summed E-state index contributed by atoms with van der Waals surface area (Å²) < 4.78 is 27.6. The van der Waals surface area contributed by atoms with Crippen LogP contribution in [-0.4, -0.2) is 50.0 Å². The SMILES string of the molecule is CCC(C(=O)NC1CCCC1)N(Cc1ccccc1C)C(=O)CN(c1ccc(C23CC4CC(CC(C4)C2)C3)cc1)S(C)(=O)=O. The van der Waals surface area contributed by atoms with E-state index in [4.69, 9.17) is 0 Å². The highest BCUT2D eigenvalue weighted by molar-refractivity contribution is 7.92. The molecule has 0 radical (unpaired) electrons. The number of carbonyl (C=O) groups excluding carboxylic acids is 2. The molecule has 0 heterocycles. The molecule has 2 amide bonds. The molecule has 0 aromatic heterocycles. The van der Waals surface area contributed by atoms with Gasteiger partial charge in [0.15, 0.2) is 0 Å². The lowest BCUT2D eigenvalue weighted by Crippen LogP contribution is -2.53. The topological polar surface area (TPSA) is 86.8 Å². The molecule has 0 spiro atoms. The number of nitrogens with one attached hydrogen (secondary N) is 1. The highest BCUT2D eigenvalue weighted by atomic mass is 32.2. The lowest BCUT2D eigenvalue weighted by atomic mass is 9.48. The first-order valence-corrected chi connectivity index (χ1v) is 18.6. The van der Waals surface area contributed by atoms with Gasteiger partial charge in [-0.05, 0) is 117 Å². The molecule has 4 bridgehead atoms. The summed E-state index contributed by atoms with van der Waals surface area (Å²) in [5.41, 5.74) is 3.99. The number of amides is 2. The standard InChI is InChI=1S/C36H49N3O4S/c1-4-33(35(41)37-31-11-7-8-12-31)38(23-29-10-6-5-9-25(29)2)34(40)24-39(44(3,42)43)32-15-13-30(14-16-32)36-20-26-17-27(21-36)19-28(18-26)22-36/h5-6,9-10,13-16,26-28,31,33H,4,7-8,11-12,17-24H2,1-3H3,(H,37,41). The minimum absolute atomic E-state index is 0.131. The van der Waals surface area contributed by atoms with Crippen molar-refractivity contribution in [2.45, 2.75) is 109 Å². The summed E-state index contributed by atoms with van der Waals surface area (Å²) in [6, 6.07) is 15.3. The Bertz CT molecular complexity index is 1430. The van der Waals surface area contributed by atoms with Gasteiger partial charge in [0.1, 0.15) is 12.6 Å². The van der Waals surface area contributed by atoms with Crippen LogP contribution in [0.25, 0.3) is 0 Å². The fraction of sp³-hybridized carbons (Fsp3) is 0.611. The summed E-state index contributed by atoms with van der Waals surface area (Å²) >= 11 is 0. The summed E-state index contributed by atoms with van der Waals surface area (Å²) in [6.45, 7) is 3.79. The van der Waals surface area contributed by atoms with Crippen LogP contribution in [0.4, 0.5) is 5.69 Å². The molecule has 2 aromatic carbocycles. The normalized spacial score (nSPS) is 26.8. The van der Waals surface area contributed by atoms with E-state index in [1.54, 1.807) is 4.90 Å². The fourth-order valence-corrected chi connectivity index (χ4v) is 10.2. The van der Waals surface area contributed by atoms with Gasteiger partial charge in [-0.3, -0.25) is 13.9 Å². The maximum absolute atomic E-state index is 14.2. The van der Waals surface area contributed by atoms with E-state index in [2.05, 4.69) is 17.4 Å². The highest BCUT2D eigenvalue weighted by Crippen LogP contribution is 2.60. The Morgan fingerprint density at radius 1 is 0.932 bits per heavy atom. The second-order valence-corrected chi connectivity index (χ2v) is 16.3. The molecule has 1 unspecified atom stereocenters. The van der Waals surface area contributed by atoms with Crippen LogP contribution >= 0.6 is 0 Å². The molecule has 7 nitrogen and oxygen atoms in total. The molecule has 5 aliphatic rings. The summed E-state index contributed by atoms with van der Waals surface area (Å²) in [5.74, 6) is 1.93. The van der Waals surface area contributed by atoms with Crippen molar-refractivity contribution in [1.82, 2.24) is 10.2 Å². The predicted octanol–water partition coefficient (Wildman–Crippen LogP) is 6.10. The number of aryl methyl sites for hydroxylation is 1. The summed E-state index contributed by atoms with van der Waals surface area (Å²) in [7, 11) is -3.77. The van der Waals surface area contributed by atoms with Crippen LogP contribution in [-0.2, 0) is 31.6 Å². The molecule has 7 rings (SSSR count). The number of rotatable bonds is 11. The predicted molar refractivity (Wildman–Crippen MR) is 175 cm³/mol. The van der Waals surface area contributed by atoms with Crippen LogP contribution in [0.15, 0.2) is 48.5 Å². The number of anilines is 1. The second-order valence-electron chi connectivity index (χ2n) is 14.4. The van der Waals surface area contributed by atoms with Gasteiger partial charge in [-0.2, -0.15) is 0 Å². The van der Waals surface area contributed by atoms with E-state index >= 15 is 0 Å². The Morgan fingerprint density at radius 2 is 1.52 bits per heavy atom. The van der Waals surface area contributed by atoms with Crippen molar-refractivity contribution in [3.05, 3.63) is 65.2 Å². The summed E-state index contributed by atoms with van der Waals surface area (Å²) in [5, 5.41) is 3.18. The van der Waals surface area contributed by atoms with Gasteiger partial charge in [0.05, 0.1) is 11.9 Å². The molecule has 1 atom stereocenters. The maximum atomic E-state index is 14.2. The van der Waals surface area contributed by atoms with Gasteiger partial charge in [0.25, 0.3) is 0 Å². The first-order chi connectivity index (χ1) is 21.0. The number of carbonyl (C=O) groups is 2. The Morgan fingerprint density at radius 3 is 2.07 bits per heavy atom. The lowest BCUT2D eigenvalue weighted by molar-refractivity contribution is -0.140. The Labute approximate surface area is 263 Å². The van der Waals surface area contributed by atoms with Crippen molar-refractivity contribution in [3.63, 3.8) is 0 Å². The van der Waals surface area contributed by atoms with E-state index < -0.39 is 16.1 Å². The smallest absolute Gasteiger partial charge is 0.244 e. The third kappa shape index (κ3) is 6.42. The lowest BCUT2D eigenvalue weighted by Gasteiger charge is -2.57. The monoisotopic (exact) mass is 619 g/mol. The molecule has 5 saturated carbocycles. The van der Waals surface area contributed by atoms with Gasteiger partial charge in [0, 0.05) is 12.6 Å². The van der Waals surface area contributed by atoms with Crippen LogP contribution in [0.2, 0.25) is 0 Å². The maximum Gasteiger partial charge on any atom is 0.244 e. The minimum atomic E-state index is -3.77. The average molecular weight is 620 g/mol. The van der Waals surface area contributed by atoms with Crippen molar-refractivity contribution in [2.24, 2.45) is 17.8 Å². The van der Waals surface area contributed by atoms with Crippen LogP contribution < -0.4 is 9.62 Å². The third-order valence-corrected chi connectivity index (χ3v) is 12.3. The van der Waals surface area contributed by atoms with Crippen molar-refractivity contribution < 1.29 is 18.0 Å². The van der Waals surface area contributed by atoms with Gasteiger partial charge in [-0.1, -0.05) is 56.2 Å². The van der Waals surface area contributed by atoms with Crippen LogP contribution in [0.3, 0.4) is 0 Å². The molecular weight excluding hydrogens is 570 g/mol. The molecule has 44 heavy (non-hydrogen) atoms. The quantitative estimate of drug-likeness (QED) is 0.330. The van der Waals surface area contributed by atoms with Gasteiger partial charge < -0.3 is 10.2 Å². The molecule has 5 fully saturated rings. The minimum Gasteiger partial charge on any atom is -0.352 e. The van der Waals surface area contributed by atoms with E-state index in [0.29, 0.717) is 12.1 Å². The molecular formula is C36H49N3O4S. The Hall–Kier alpha value is -2.87. The molecule has 8 heteroatoms. The largest absolute Gasteiger partial charge is 0.352 e. The number of hydrogen-bond acceptors (Lipinski definition) is 4. The second kappa shape index (κ2) is 12.5. The molecule has 238 valence electrons. The van der Waals surface area contributed by atoms with Gasteiger partial charge in [-0.25, -0.2) is 8.42 Å². The Kier molecular flexibility index (Phi) is 8.84. The molecule has 0 aliphatic heterocycles. The van der Waals surface area contributed by atoms with Gasteiger partial charge in [0.2, 0.25) is 21.8 Å². The van der Waals surface area contributed by atoms with Crippen molar-refractivity contribution >= 4 is 27.5 Å². The summed E-state index contributed by atoms with van der Waals surface area (Å²) in [6.07, 6.45) is 13.5. The number of sulfonamides is 1. The zero-order chi connectivity index (χ0) is 31.1. The zero-order valence-electron chi connectivity index (χ0n) is 26.6. The van der Waals surface area contributed by atoms with Crippen LogP contribution in [0.5, 0.6) is 0 Å². The molecule has 2 aromatic rings. The van der Waals surface area contributed by atoms with Gasteiger partial charge >= 0.3 is 0 Å². The molecule has 5 aliphatic carbocycles. The fourth-order valence-electron chi connectivity index (χ4n) is 9.32. The highest BCUT2D eigenvalue weighted by Gasteiger charge is 2.51. The van der Waals surface area contributed by atoms with E-state index in [0.717, 1.165) is 60.8 Å². The van der Waals surface area contributed by atoms with E-state index in [1.807, 2.05) is 50.2 Å². The first-order valence-electron chi connectivity index (χ1n) is 16.8. The van der Waals surface area contributed by atoms with Gasteiger partial charge in [-0.15, -0.1) is 0 Å². The van der Waals surface area contributed by atoms with E-state index in [-0.39, 0.29) is 36.4 Å². The number of hydrogen-bond donors (Lipinski definition) is 1. The third-order valence-electron chi connectivity index (χ3n) is 11.2. The first kappa shape index (κ1) is 31.1. The van der Waals surface area contributed by atoms with Crippen LogP contribution in [0.1, 0.15) is 94.2 Å². The van der Waals surface area contributed by atoms with Crippen molar-refractivity contribution in [1.29, 1.82) is 0 Å². The van der Waals surface area contributed by atoms with Crippen molar-refractivity contribution in [3.8, 4) is 0 Å². The number of nitrogens with zero attached hydrogens (tertiary/aromatic N) is 2. The molecule has 0 saturated heterocycles. The zero-order valence-corrected chi connectivity index (χ0v) is 27.5. The van der Waals surface area contributed by atoms with Crippen molar-refractivity contribution in [2.75, 3.05) is 17.1 Å². The van der Waals surface area contributed by atoms with Crippen LogP contribution in [0, 0.1) is 24.7 Å². The van der Waals surface area contributed by atoms with E-state index in [9.17, 15) is 18.0 Å². The Balaban J connectivity index is 1.25. The van der Waals surface area contributed by atoms with E-state index in [1.165, 1.54) is 48.4 Å². The summed E-state index contributed by atoms with van der Waals surface area (Å²) in [4.78, 5) is 29.3.